The first-order valence-corrected chi connectivity index (χ1v) is 10.7. The third kappa shape index (κ3) is 5.17. The lowest BCUT2D eigenvalue weighted by Gasteiger charge is -2.29. The standard InChI is InChI=1S/C23H21Cl2F3N2O3/c1-13-8-14(4-5-18(13)20(31)6-7-21(32)30(2)3)19-12-22(33-29-19,23(26,27)28)15-9-16(24)11-17(25)10-15/h4-5,8-11H,6-7,12H2,1-3H3. The predicted molar refractivity (Wildman–Crippen MR) is 120 cm³/mol. The highest BCUT2D eigenvalue weighted by molar-refractivity contribution is 6.34. The minimum Gasteiger partial charge on any atom is -0.374 e. The summed E-state index contributed by atoms with van der Waals surface area (Å²) in [5.74, 6) is -0.392. The molecule has 1 unspecified atom stereocenters. The van der Waals surface area contributed by atoms with Crippen LogP contribution in [0.4, 0.5) is 13.2 Å². The van der Waals surface area contributed by atoms with Crippen LogP contribution >= 0.6 is 23.2 Å². The molecule has 0 saturated carbocycles. The first-order valence-electron chi connectivity index (χ1n) is 9.97. The highest BCUT2D eigenvalue weighted by Crippen LogP contribution is 2.49. The molecular formula is C23H21Cl2F3N2O3. The van der Waals surface area contributed by atoms with E-state index in [1.165, 1.54) is 23.1 Å². The largest absolute Gasteiger partial charge is 0.435 e. The lowest BCUT2D eigenvalue weighted by molar-refractivity contribution is -0.275. The van der Waals surface area contributed by atoms with E-state index in [-0.39, 0.29) is 45.9 Å². The van der Waals surface area contributed by atoms with Crippen molar-refractivity contribution in [3.05, 3.63) is 68.7 Å². The van der Waals surface area contributed by atoms with Crippen LogP contribution in [0, 0.1) is 6.92 Å². The minimum absolute atomic E-state index is 0.0357. The first-order chi connectivity index (χ1) is 15.3. The van der Waals surface area contributed by atoms with Crippen molar-refractivity contribution in [1.29, 1.82) is 0 Å². The number of carbonyl (C=O) groups excluding carboxylic acids is 2. The Balaban J connectivity index is 1.85. The molecule has 1 aliphatic rings. The van der Waals surface area contributed by atoms with Crippen LogP contribution < -0.4 is 0 Å². The van der Waals surface area contributed by atoms with Crippen molar-refractivity contribution in [3.63, 3.8) is 0 Å². The van der Waals surface area contributed by atoms with Crippen LogP contribution in [0.25, 0.3) is 0 Å². The van der Waals surface area contributed by atoms with E-state index in [0.717, 1.165) is 12.1 Å². The summed E-state index contributed by atoms with van der Waals surface area (Å²) < 4.78 is 42.4. The van der Waals surface area contributed by atoms with Gasteiger partial charge in [-0.2, -0.15) is 13.2 Å². The van der Waals surface area contributed by atoms with Gasteiger partial charge in [0.15, 0.2) is 5.78 Å². The average molecular weight is 501 g/mol. The highest BCUT2D eigenvalue weighted by Gasteiger charge is 2.62. The Bertz CT molecular complexity index is 1110. The van der Waals surface area contributed by atoms with Gasteiger partial charge in [0.2, 0.25) is 5.91 Å². The number of oxime groups is 1. The van der Waals surface area contributed by atoms with Gasteiger partial charge in [0.25, 0.3) is 5.60 Å². The number of alkyl halides is 3. The minimum atomic E-state index is -4.80. The van der Waals surface area contributed by atoms with Gasteiger partial charge < -0.3 is 9.74 Å². The number of nitrogens with zero attached hydrogens (tertiary/aromatic N) is 2. The summed E-state index contributed by atoms with van der Waals surface area (Å²) in [6, 6.07) is 8.27. The molecule has 0 radical (unpaired) electrons. The third-order valence-corrected chi connectivity index (χ3v) is 5.88. The smallest absolute Gasteiger partial charge is 0.374 e. The van der Waals surface area contributed by atoms with Crippen LogP contribution in [0.2, 0.25) is 10.0 Å². The Hall–Kier alpha value is -2.58. The number of benzene rings is 2. The summed E-state index contributed by atoms with van der Waals surface area (Å²) in [6.07, 6.45) is -5.27. The molecule has 0 aromatic heterocycles. The van der Waals surface area contributed by atoms with E-state index in [9.17, 15) is 22.8 Å². The predicted octanol–water partition coefficient (Wildman–Crippen LogP) is 5.94. The van der Waals surface area contributed by atoms with Crippen LogP contribution in [-0.4, -0.2) is 42.6 Å². The van der Waals surface area contributed by atoms with E-state index in [1.54, 1.807) is 27.1 Å². The summed E-state index contributed by atoms with van der Waals surface area (Å²) >= 11 is 11.8. The maximum Gasteiger partial charge on any atom is 0.435 e. The van der Waals surface area contributed by atoms with Crippen LogP contribution in [0.3, 0.4) is 0 Å². The average Bonchev–Trinajstić information content (AvgIpc) is 3.18. The Labute approximate surface area is 199 Å². The molecule has 0 N–H and O–H groups in total. The van der Waals surface area contributed by atoms with Crippen molar-refractivity contribution in [3.8, 4) is 0 Å². The molecule has 1 amide bonds. The van der Waals surface area contributed by atoms with Crippen LogP contribution in [0.1, 0.15) is 46.3 Å². The maximum atomic E-state index is 14.1. The van der Waals surface area contributed by atoms with Gasteiger partial charge in [0.1, 0.15) is 0 Å². The molecular weight excluding hydrogens is 480 g/mol. The molecule has 1 heterocycles. The van der Waals surface area contributed by atoms with Gasteiger partial charge in [0.05, 0.1) is 5.71 Å². The quantitative estimate of drug-likeness (QED) is 0.461. The van der Waals surface area contributed by atoms with Gasteiger partial charge >= 0.3 is 6.18 Å². The molecule has 0 bridgehead atoms. The van der Waals surface area contributed by atoms with Crippen molar-refractivity contribution >= 4 is 40.6 Å². The zero-order chi connectivity index (χ0) is 24.6. The number of ketones is 1. The SMILES string of the molecule is Cc1cc(C2=NOC(c3cc(Cl)cc(Cl)c3)(C(F)(F)F)C2)ccc1C(=O)CCC(=O)N(C)C. The normalized spacial score (nSPS) is 18.0. The molecule has 0 saturated heterocycles. The van der Waals surface area contributed by atoms with Crippen molar-refractivity contribution in [1.82, 2.24) is 4.90 Å². The van der Waals surface area contributed by atoms with Crippen LogP contribution in [0.15, 0.2) is 41.6 Å². The second kappa shape index (κ2) is 9.35. The second-order valence-electron chi connectivity index (χ2n) is 8.03. The molecule has 33 heavy (non-hydrogen) atoms. The summed E-state index contributed by atoms with van der Waals surface area (Å²) in [7, 11) is 3.21. The highest BCUT2D eigenvalue weighted by atomic mass is 35.5. The van der Waals surface area contributed by atoms with E-state index in [4.69, 9.17) is 28.0 Å². The second-order valence-corrected chi connectivity index (χ2v) is 8.90. The number of rotatable bonds is 6. The maximum absolute atomic E-state index is 14.1. The van der Waals surface area contributed by atoms with Crippen LogP contribution in [0.5, 0.6) is 0 Å². The van der Waals surface area contributed by atoms with E-state index in [2.05, 4.69) is 5.16 Å². The van der Waals surface area contributed by atoms with Crippen molar-refractivity contribution < 1.29 is 27.6 Å². The van der Waals surface area contributed by atoms with Crippen LogP contribution in [-0.2, 0) is 15.2 Å². The van der Waals surface area contributed by atoms with Gasteiger partial charge in [-0.05, 0) is 42.3 Å². The fraction of sp³-hybridized carbons (Fsp3) is 0.348. The molecule has 0 spiro atoms. The van der Waals surface area contributed by atoms with Gasteiger partial charge in [-0.25, -0.2) is 0 Å². The number of hydrogen-bond donors (Lipinski definition) is 0. The first kappa shape index (κ1) is 25.1. The molecule has 2 aromatic rings. The fourth-order valence-electron chi connectivity index (χ4n) is 3.58. The number of aryl methyl sites for hydroxylation is 1. The zero-order valence-corrected chi connectivity index (χ0v) is 19.6. The van der Waals surface area contributed by atoms with Gasteiger partial charge in [-0.1, -0.05) is 40.5 Å². The van der Waals surface area contributed by atoms with Gasteiger partial charge in [0, 0.05) is 54.5 Å². The van der Waals surface area contributed by atoms with E-state index in [1.807, 2.05) is 0 Å². The number of amides is 1. The van der Waals surface area contributed by atoms with E-state index < -0.39 is 18.2 Å². The topological polar surface area (TPSA) is 59.0 Å². The van der Waals surface area contributed by atoms with Crippen molar-refractivity contribution in [2.24, 2.45) is 5.16 Å². The molecule has 2 aromatic carbocycles. The Kier molecular flexibility index (Phi) is 7.10. The molecule has 0 aliphatic carbocycles. The number of hydrogen-bond acceptors (Lipinski definition) is 4. The summed E-state index contributed by atoms with van der Waals surface area (Å²) in [4.78, 5) is 30.7. The van der Waals surface area contributed by atoms with Crippen molar-refractivity contribution in [2.45, 2.75) is 38.0 Å². The molecule has 3 rings (SSSR count). The Morgan fingerprint density at radius 3 is 2.27 bits per heavy atom. The molecule has 1 atom stereocenters. The summed E-state index contributed by atoms with van der Waals surface area (Å²) in [6.45, 7) is 1.68. The molecule has 1 aliphatic heterocycles. The number of carbonyl (C=O) groups is 2. The summed E-state index contributed by atoms with van der Waals surface area (Å²) in [5, 5.41) is 3.82. The molecule has 176 valence electrons. The Morgan fingerprint density at radius 1 is 1.09 bits per heavy atom. The number of Topliss-reactive ketones (excluding diaryl/α,β-unsaturated/α-hetero) is 1. The molecule has 0 fully saturated rings. The van der Waals surface area contributed by atoms with Crippen molar-refractivity contribution in [2.75, 3.05) is 14.1 Å². The zero-order valence-electron chi connectivity index (χ0n) is 18.1. The van der Waals surface area contributed by atoms with E-state index in [0.29, 0.717) is 16.7 Å². The lowest BCUT2D eigenvalue weighted by atomic mass is 9.86. The lowest BCUT2D eigenvalue weighted by Crippen LogP contribution is -2.42. The fourth-order valence-corrected chi connectivity index (χ4v) is 4.11. The van der Waals surface area contributed by atoms with E-state index >= 15 is 0 Å². The number of halogens is 5. The van der Waals surface area contributed by atoms with Gasteiger partial charge in [-0.15, -0.1) is 0 Å². The monoisotopic (exact) mass is 500 g/mol. The molecule has 5 nitrogen and oxygen atoms in total. The summed E-state index contributed by atoms with van der Waals surface area (Å²) in [5.41, 5.74) is -1.55. The Morgan fingerprint density at radius 2 is 1.73 bits per heavy atom. The third-order valence-electron chi connectivity index (χ3n) is 5.44. The molecule has 10 heteroatoms. The van der Waals surface area contributed by atoms with Gasteiger partial charge in [-0.3, -0.25) is 9.59 Å².